The van der Waals surface area contributed by atoms with E-state index in [1.807, 2.05) is 30.3 Å². The molecule has 4 nitrogen and oxygen atoms in total. The molecule has 3 atom stereocenters. The second-order valence-electron chi connectivity index (χ2n) is 4.37. The van der Waals surface area contributed by atoms with Crippen molar-refractivity contribution in [2.75, 3.05) is 6.61 Å². The summed E-state index contributed by atoms with van der Waals surface area (Å²) in [7, 11) is 0. The van der Waals surface area contributed by atoms with Crippen LogP contribution in [-0.2, 0) is 16.1 Å². The van der Waals surface area contributed by atoms with Gasteiger partial charge in [-0.05, 0) is 18.6 Å². The molecule has 18 heavy (non-hydrogen) atoms. The molecule has 1 heterocycles. The summed E-state index contributed by atoms with van der Waals surface area (Å²) in [5.74, 6) is 0.612. The molecule has 0 amide bonds. The summed E-state index contributed by atoms with van der Waals surface area (Å²) in [4.78, 5) is 0. The highest BCUT2D eigenvalue weighted by atomic mass is 16.6. The van der Waals surface area contributed by atoms with Gasteiger partial charge in [-0.2, -0.15) is 0 Å². The van der Waals surface area contributed by atoms with Crippen LogP contribution in [0.2, 0.25) is 0 Å². The van der Waals surface area contributed by atoms with Gasteiger partial charge in [0.1, 0.15) is 12.2 Å². The van der Waals surface area contributed by atoms with Crippen LogP contribution >= 0.6 is 0 Å². The minimum atomic E-state index is -0.750. The van der Waals surface area contributed by atoms with Gasteiger partial charge in [-0.25, -0.2) is 0 Å². The van der Waals surface area contributed by atoms with E-state index in [-0.39, 0.29) is 6.61 Å². The standard InChI is InChI=1S/C14H18O4/c1-10-7-12(16)14(13(8-15)18-10)17-9-11-5-3-2-4-6-11/h2-7,12-16H,8-9H2,1H3. The van der Waals surface area contributed by atoms with Gasteiger partial charge in [-0.15, -0.1) is 0 Å². The highest BCUT2D eigenvalue weighted by Crippen LogP contribution is 2.21. The molecule has 1 aliphatic rings. The maximum absolute atomic E-state index is 9.93. The molecule has 0 aliphatic carbocycles. The topological polar surface area (TPSA) is 58.9 Å². The molecular formula is C14H18O4. The Hall–Kier alpha value is -1.36. The lowest BCUT2D eigenvalue weighted by molar-refractivity contribution is -0.127. The summed E-state index contributed by atoms with van der Waals surface area (Å²) in [6.45, 7) is 1.95. The molecular weight excluding hydrogens is 232 g/mol. The Morgan fingerprint density at radius 2 is 2.00 bits per heavy atom. The minimum Gasteiger partial charge on any atom is -0.490 e. The zero-order chi connectivity index (χ0) is 13.0. The van der Waals surface area contributed by atoms with E-state index in [4.69, 9.17) is 9.47 Å². The van der Waals surface area contributed by atoms with E-state index in [0.717, 1.165) is 5.56 Å². The van der Waals surface area contributed by atoms with Crippen LogP contribution in [0.1, 0.15) is 12.5 Å². The smallest absolute Gasteiger partial charge is 0.150 e. The average Bonchev–Trinajstić information content (AvgIpc) is 2.38. The average molecular weight is 250 g/mol. The molecule has 2 rings (SSSR count). The predicted molar refractivity (Wildman–Crippen MR) is 66.7 cm³/mol. The first-order chi connectivity index (χ1) is 8.70. The van der Waals surface area contributed by atoms with Gasteiger partial charge in [0.05, 0.1) is 19.0 Å². The molecule has 0 bridgehead atoms. The minimum absolute atomic E-state index is 0.179. The van der Waals surface area contributed by atoms with E-state index in [9.17, 15) is 10.2 Å². The van der Waals surface area contributed by atoms with Crippen LogP contribution in [0, 0.1) is 0 Å². The first-order valence-electron chi connectivity index (χ1n) is 6.00. The number of hydrogen-bond acceptors (Lipinski definition) is 4. The molecule has 4 heteroatoms. The quantitative estimate of drug-likeness (QED) is 0.843. The van der Waals surface area contributed by atoms with Crippen molar-refractivity contribution < 1.29 is 19.7 Å². The Labute approximate surface area is 106 Å². The number of allylic oxidation sites excluding steroid dienone is 1. The van der Waals surface area contributed by atoms with Crippen molar-refractivity contribution in [3.05, 3.63) is 47.7 Å². The van der Waals surface area contributed by atoms with E-state index in [0.29, 0.717) is 12.4 Å². The maximum Gasteiger partial charge on any atom is 0.150 e. The Morgan fingerprint density at radius 1 is 1.28 bits per heavy atom. The van der Waals surface area contributed by atoms with Crippen molar-refractivity contribution in [1.82, 2.24) is 0 Å². The Morgan fingerprint density at radius 3 is 2.67 bits per heavy atom. The first-order valence-corrected chi connectivity index (χ1v) is 6.00. The summed E-state index contributed by atoms with van der Waals surface area (Å²) in [5, 5.41) is 19.2. The molecule has 1 aliphatic heterocycles. The third kappa shape index (κ3) is 3.10. The fourth-order valence-corrected chi connectivity index (χ4v) is 2.01. The molecule has 3 unspecified atom stereocenters. The van der Waals surface area contributed by atoms with E-state index in [2.05, 4.69) is 0 Å². The van der Waals surface area contributed by atoms with E-state index in [1.165, 1.54) is 0 Å². The fourth-order valence-electron chi connectivity index (χ4n) is 2.01. The van der Waals surface area contributed by atoms with Crippen molar-refractivity contribution in [2.24, 2.45) is 0 Å². The van der Waals surface area contributed by atoms with Crippen molar-refractivity contribution in [3.63, 3.8) is 0 Å². The predicted octanol–water partition coefficient (Wildman–Crippen LogP) is 1.23. The van der Waals surface area contributed by atoms with E-state index < -0.39 is 18.3 Å². The van der Waals surface area contributed by atoms with Crippen LogP contribution in [0.3, 0.4) is 0 Å². The lowest BCUT2D eigenvalue weighted by atomic mass is 10.0. The second-order valence-corrected chi connectivity index (χ2v) is 4.37. The van der Waals surface area contributed by atoms with Gasteiger partial charge < -0.3 is 19.7 Å². The highest BCUT2D eigenvalue weighted by Gasteiger charge is 2.33. The first kappa shape index (κ1) is 13.1. The van der Waals surface area contributed by atoms with Crippen molar-refractivity contribution >= 4 is 0 Å². The zero-order valence-electron chi connectivity index (χ0n) is 10.3. The molecule has 1 aromatic carbocycles. The molecule has 0 radical (unpaired) electrons. The summed E-state index contributed by atoms with van der Waals surface area (Å²) >= 11 is 0. The molecule has 1 aromatic rings. The van der Waals surface area contributed by atoms with E-state index in [1.54, 1.807) is 13.0 Å². The Balaban J connectivity index is 1.99. The van der Waals surface area contributed by atoms with Crippen molar-refractivity contribution in [2.45, 2.75) is 31.8 Å². The molecule has 98 valence electrons. The number of aliphatic hydroxyl groups is 2. The molecule has 0 fully saturated rings. The number of benzene rings is 1. The largest absolute Gasteiger partial charge is 0.490 e. The SMILES string of the molecule is CC1=CC(O)C(OCc2ccccc2)C(CO)O1. The third-order valence-corrected chi connectivity index (χ3v) is 2.91. The van der Waals surface area contributed by atoms with Crippen LogP contribution in [0.4, 0.5) is 0 Å². The molecule has 0 saturated carbocycles. The molecule has 2 N–H and O–H groups in total. The Bertz CT molecular complexity index is 402. The fraction of sp³-hybridized carbons (Fsp3) is 0.429. The van der Waals surface area contributed by atoms with Crippen LogP contribution in [0.15, 0.2) is 42.2 Å². The monoisotopic (exact) mass is 250 g/mol. The lowest BCUT2D eigenvalue weighted by Gasteiger charge is -2.33. The van der Waals surface area contributed by atoms with Gasteiger partial charge in [0.25, 0.3) is 0 Å². The lowest BCUT2D eigenvalue weighted by Crippen LogP contribution is -2.45. The van der Waals surface area contributed by atoms with Crippen LogP contribution in [0.25, 0.3) is 0 Å². The van der Waals surface area contributed by atoms with Gasteiger partial charge >= 0.3 is 0 Å². The number of ether oxygens (including phenoxy) is 2. The summed E-state index contributed by atoms with van der Waals surface area (Å²) < 4.78 is 11.1. The van der Waals surface area contributed by atoms with Crippen LogP contribution < -0.4 is 0 Å². The van der Waals surface area contributed by atoms with Gasteiger partial charge in [-0.1, -0.05) is 30.3 Å². The maximum atomic E-state index is 9.93. The molecule has 0 aromatic heterocycles. The van der Waals surface area contributed by atoms with Gasteiger partial charge in [0, 0.05) is 0 Å². The normalized spacial score (nSPS) is 27.5. The number of rotatable bonds is 4. The zero-order valence-corrected chi connectivity index (χ0v) is 10.3. The third-order valence-electron chi connectivity index (χ3n) is 2.91. The number of aliphatic hydroxyl groups excluding tert-OH is 2. The number of hydrogen-bond donors (Lipinski definition) is 2. The van der Waals surface area contributed by atoms with Crippen molar-refractivity contribution in [3.8, 4) is 0 Å². The summed E-state index contributed by atoms with van der Waals surface area (Å²) in [5.41, 5.74) is 1.02. The molecule has 0 saturated heterocycles. The Kier molecular flexibility index (Phi) is 4.36. The summed E-state index contributed by atoms with van der Waals surface area (Å²) in [6, 6.07) is 9.70. The van der Waals surface area contributed by atoms with Crippen LogP contribution in [-0.4, -0.2) is 35.1 Å². The van der Waals surface area contributed by atoms with E-state index >= 15 is 0 Å². The van der Waals surface area contributed by atoms with Crippen LogP contribution in [0.5, 0.6) is 0 Å². The van der Waals surface area contributed by atoms with Crippen molar-refractivity contribution in [1.29, 1.82) is 0 Å². The highest BCUT2D eigenvalue weighted by molar-refractivity contribution is 5.14. The van der Waals surface area contributed by atoms with Gasteiger partial charge in [0.2, 0.25) is 0 Å². The van der Waals surface area contributed by atoms with Gasteiger partial charge in [-0.3, -0.25) is 0 Å². The molecule has 0 spiro atoms. The van der Waals surface area contributed by atoms with Gasteiger partial charge in [0.15, 0.2) is 6.10 Å². The summed E-state index contributed by atoms with van der Waals surface area (Å²) in [6.07, 6.45) is -0.214. The second kappa shape index (κ2) is 6.00.